The number of aromatic nitrogens is 1. The van der Waals surface area contributed by atoms with Crippen molar-refractivity contribution < 1.29 is 9.84 Å². The van der Waals surface area contributed by atoms with Gasteiger partial charge in [-0.2, -0.15) is 0 Å². The highest BCUT2D eigenvalue weighted by Crippen LogP contribution is 2.14. The Morgan fingerprint density at radius 2 is 2.08 bits per heavy atom. The Hall–Kier alpha value is -1.82. The zero-order valence-electron chi connectivity index (χ0n) is 16.8. The van der Waals surface area contributed by atoms with Crippen LogP contribution in [0.4, 0.5) is 0 Å². The van der Waals surface area contributed by atoms with Crippen LogP contribution in [0.25, 0.3) is 0 Å². The summed E-state index contributed by atoms with van der Waals surface area (Å²) in [5, 5.41) is 15.9. The van der Waals surface area contributed by atoms with E-state index in [-0.39, 0.29) is 6.61 Å². The summed E-state index contributed by atoms with van der Waals surface area (Å²) in [7, 11) is 0. The predicted octanol–water partition coefficient (Wildman–Crippen LogP) is 2.97. The highest BCUT2D eigenvalue weighted by Gasteiger charge is 2.11. The molecule has 1 aromatic rings. The lowest BCUT2D eigenvalue weighted by atomic mass is 9.94. The molecule has 0 aliphatic carbocycles. The zero-order valence-corrected chi connectivity index (χ0v) is 16.8. The third kappa shape index (κ3) is 9.61. The van der Waals surface area contributed by atoms with Crippen LogP contribution in [-0.2, 0) is 6.54 Å². The van der Waals surface area contributed by atoms with Gasteiger partial charge in [-0.15, -0.1) is 0 Å². The number of aliphatic hydroxyl groups is 1. The first-order valence-corrected chi connectivity index (χ1v) is 9.79. The van der Waals surface area contributed by atoms with Crippen molar-refractivity contribution in [1.29, 1.82) is 0 Å². The number of hydrogen-bond acceptors (Lipinski definition) is 4. The van der Waals surface area contributed by atoms with E-state index >= 15 is 0 Å². The van der Waals surface area contributed by atoms with Crippen LogP contribution in [0.3, 0.4) is 0 Å². The molecule has 0 spiro atoms. The Bertz CT molecular complexity index is 503. The Morgan fingerprint density at radius 1 is 1.27 bits per heavy atom. The molecule has 1 heterocycles. The minimum absolute atomic E-state index is 0.227. The average Bonchev–Trinajstić information content (AvgIpc) is 2.62. The van der Waals surface area contributed by atoms with Crippen LogP contribution < -0.4 is 15.4 Å². The maximum absolute atomic E-state index is 9.26. The summed E-state index contributed by atoms with van der Waals surface area (Å²) < 4.78 is 5.50. The van der Waals surface area contributed by atoms with Crippen molar-refractivity contribution in [2.75, 3.05) is 26.3 Å². The molecule has 6 heteroatoms. The van der Waals surface area contributed by atoms with Gasteiger partial charge < -0.3 is 20.5 Å². The Kier molecular flexibility index (Phi) is 11.4. The molecule has 1 atom stereocenters. The van der Waals surface area contributed by atoms with Gasteiger partial charge >= 0.3 is 0 Å². The Balaban J connectivity index is 2.58. The van der Waals surface area contributed by atoms with Crippen molar-refractivity contribution in [3.63, 3.8) is 0 Å². The topological polar surface area (TPSA) is 78.8 Å². The van der Waals surface area contributed by atoms with Crippen LogP contribution in [-0.4, -0.2) is 42.4 Å². The summed E-state index contributed by atoms with van der Waals surface area (Å²) >= 11 is 0. The van der Waals surface area contributed by atoms with Gasteiger partial charge in [0.1, 0.15) is 0 Å². The quantitative estimate of drug-likeness (QED) is 0.392. The number of aliphatic imine (C=N–C) groups is 1. The van der Waals surface area contributed by atoms with Gasteiger partial charge in [0.25, 0.3) is 0 Å². The number of aliphatic hydroxyl groups excluding tert-OH is 1. The first-order valence-electron chi connectivity index (χ1n) is 9.79. The number of nitrogens with one attached hydrogen (secondary N) is 2. The Morgan fingerprint density at radius 3 is 2.65 bits per heavy atom. The molecule has 0 saturated heterocycles. The van der Waals surface area contributed by atoms with Crippen LogP contribution in [0.1, 0.15) is 52.5 Å². The van der Waals surface area contributed by atoms with Crippen molar-refractivity contribution in [3.05, 3.63) is 23.9 Å². The van der Waals surface area contributed by atoms with E-state index in [0.29, 0.717) is 30.9 Å². The molecule has 1 unspecified atom stereocenters. The molecule has 0 amide bonds. The maximum atomic E-state index is 9.26. The standard InChI is InChI=1S/C20H36N4O2/c1-5-11-26-19-8-7-18(14-22-19)15-24-20(21-6-2)23-13-17(9-10-25)12-16(3)4/h7-8,14,16-17,25H,5-6,9-13,15H2,1-4H3,(H2,21,23,24). The summed E-state index contributed by atoms with van der Waals surface area (Å²) in [5.74, 6) is 2.52. The number of pyridine rings is 1. The van der Waals surface area contributed by atoms with Crippen molar-refractivity contribution in [2.45, 2.75) is 53.5 Å². The molecule has 0 radical (unpaired) electrons. The van der Waals surface area contributed by atoms with E-state index < -0.39 is 0 Å². The SMILES string of the molecule is CCCOc1ccc(CN=C(NCC)NCC(CCO)CC(C)C)cn1. The van der Waals surface area contributed by atoms with Crippen LogP contribution in [0.5, 0.6) is 5.88 Å². The predicted molar refractivity (Wildman–Crippen MR) is 107 cm³/mol. The molecule has 0 aromatic carbocycles. The van der Waals surface area contributed by atoms with E-state index in [9.17, 15) is 5.11 Å². The first kappa shape index (κ1) is 22.2. The normalized spacial score (nSPS) is 12.9. The molecule has 1 rings (SSSR count). The molecule has 0 aliphatic heterocycles. The monoisotopic (exact) mass is 364 g/mol. The van der Waals surface area contributed by atoms with Gasteiger partial charge in [0.15, 0.2) is 5.96 Å². The summed E-state index contributed by atoms with van der Waals surface area (Å²) in [6.07, 6.45) is 4.69. The van der Waals surface area contributed by atoms with Gasteiger partial charge in [-0.25, -0.2) is 9.98 Å². The second-order valence-electron chi connectivity index (χ2n) is 6.94. The highest BCUT2D eigenvalue weighted by atomic mass is 16.5. The van der Waals surface area contributed by atoms with E-state index in [1.54, 1.807) is 0 Å². The van der Waals surface area contributed by atoms with Crippen molar-refractivity contribution >= 4 is 5.96 Å². The van der Waals surface area contributed by atoms with Gasteiger partial charge in [-0.3, -0.25) is 0 Å². The van der Waals surface area contributed by atoms with E-state index in [2.05, 4.69) is 48.3 Å². The van der Waals surface area contributed by atoms with Crippen molar-refractivity contribution in [1.82, 2.24) is 15.6 Å². The fourth-order valence-corrected chi connectivity index (χ4v) is 2.70. The average molecular weight is 365 g/mol. The van der Waals surface area contributed by atoms with Crippen molar-refractivity contribution in [3.8, 4) is 5.88 Å². The van der Waals surface area contributed by atoms with Crippen LogP contribution in [0.2, 0.25) is 0 Å². The molecule has 26 heavy (non-hydrogen) atoms. The minimum Gasteiger partial charge on any atom is -0.478 e. The molecule has 3 N–H and O–H groups in total. The molecular weight excluding hydrogens is 328 g/mol. The largest absolute Gasteiger partial charge is 0.478 e. The zero-order chi connectivity index (χ0) is 19.2. The molecule has 0 bridgehead atoms. The van der Waals surface area contributed by atoms with E-state index in [1.807, 2.05) is 18.3 Å². The Labute approximate surface area is 158 Å². The maximum Gasteiger partial charge on any atom is 0.213 e. The van der Waals surface area contributed by atoms with Crippen LogP contribution in [0.15, 0.2) is 23.3 Å². The molecule has 1 aromatic heterocycles. The molecule has 148 valence electrons. The summed E-state index contributed by atoms with van der Waals surface area (Å²) in [6, 6.07) is 3.89. The number of ether oxygens (including phenoxy) is 1. The van der Waals surface area contributed by atoms with E-state index in [4.69, 9.17) is 4.74 Å². The fourth-order valence-electron chi connectivity index (χ4n) is 2.70. The molecule has 0 fully saturated rings. The number of nitrogens with zero attached hydrogens (tertiary/aromatic N) is 2. The third-order valence-electron chi connectivity index (χ3n) is 3.92. The minimum atomic E-state index is 0.227. The van der Waals surface area contributed by atoms with Gasteiger partial charge in [0, 0.05) is 32.0 Å². The molecule has 0 saturated carbocycles. The van der Waals surface area contributed by atoms with Gasteiger partial charge in [0.2, 0.25) is 5.88 Å². The summed E-state index contributed by atoms with van der Waals surface area (Å²) in [5.41, 5.74) is 1.04. The summed E-state index contributed by atoms with van der Waals surface area (Å²) in [4.78, 5) is 8.95. The van der Waals surface area contributed by atoms with Crippen molar-refractivity contribution in [2.24, 2.45) is 16.8 Å². The third-order valence-corrected chi connectivity index (χ3v) is 3.92. The molecule has 6 nitrogen and oxygen atoms in total. The van der Waals surface area contributed by atoms with E-state index in [0.717, 1.165) is 43.9 Å². The molecular formula is C20H36N4O2. The number of rotatable bonds is 12. The van der Waals surface area contributed by atoms with Gasteiger partial charge in [-0.1, -0.05) is 26.8 Å². The summed E-state index contributed by atoms with van der Waals surface area (Å²) in [6.45, 7) is 11.6. The van der Waals surface area contributed by atoms with Gasteiger partial charge in [0.05, 0.1) is 13.2 Å². The lowest BCUT2D eigenvalue weighted by Crippen LogP contribution is -2.40. The smallest absolute Gasteiger partial charge is 0.213 e. The number of guanidine groups is 1. The first-order chi connectivity index (χ1) is 12.6. The second-order valence-corrected chi connectivity index (χ2v) is 6.94. The number of hydrogen-bond donors (Lipinski definition) is 3. The van der Waals surface area contributed by atoms with E-state index in [1.165, 1.54) is 0 Å². The highest BCUT2D eigenvalue weighted by molar-refractivity contribution is 5.79. The van der Waals surface area contributed by atoms with Crippen LogP contribution >= 0.6 is 0 Å². The van der Waals surface area contributed by atoms with Crippen LogP contribution in [0, 0.1) is 11.8 Å². The molecule has 0 aliphatic rings. The lowest BCUT2D eigenvalue weighted by molar-refractivity contribution is 0.243. The lowest BCUT2D eigenvalue weighted by Gasteiger charge is -2.20. The van der Waals surface area contributed by atoms with Gasteiger partial charge in [-0.05, 0) is 43.6 Å². The second kappa shape index (κ2) is 13.4. The fraction of sp³-hybridized carbons (Fsp3) is 0.700.